The topological polar surface area (TPSA) is 41.3 Å². The van der Waals surface area contributed by atoms with Crippen LogP contribution >= 0.6 is 11.6 Å². The Morgan fingerprint density at radius 3 is 2.86 bits per heavy atom. The standard InChI is InChI=1S/C17H20ClN3/c1-21-9-8-13-10-12(6-7-17(13)21)16(11-19)20-15-5-3-2-4-14(15)18/h2-7,10,16,20H,8-9,11,19H2,1H3. The molecule has 0 aromatic heterocycles. The zero-order valence-corrected chi connectivity index (χ0v) is 12.9. The molecule has 1 aliphatic heterocycles. The SMILES string of the molecule is CN1CCc2cc(C(CN)Nc3ccccc3Cl)ccc21. The van der Waals surface area contributed by atoms with Crippen molar-refractivity contribution in [1.82, 2.24) is 0 Å². The number of hydrogen-bond acceptors (Lipinski definition) is 3. The van der Waals surface area contributed by atoms with Gasteiger partial charge in [0.2, 0.25) is 0 Å². The molecule has 21 heavy (non-hydrogen) atoms. The van der Waals surface area contributed by atoms with E-state index in [4.69, 9.17) is 17.3 Å². The second-order valence-electron chi connectivity index (χ2n) is 5.47. The van der Waals surface area contributed by atoms with E-state index >= 15 is 0 Å². The Kier molecular flexibility index (Phi) is 4.04. The highest BCUT2D eigenvalue weighted by Gasteiger charge is 2.18. The van der Waals surface area contributed by atoms with Crippen molar-refractivity contribution >= 4 is 23.0 Å². The Morgan fingerprint density at radius 2 is 2.10 bits per heavy atom. The number of nitrogens with two attached hydrogens (primary N) is 1. The number of anilines is 2. The van der Waals surface area contributed by atoms with E-state index in [1.165, 1.54) is 16.8 Å². The summed E-state index contributed by atoms with van der Waals surface area (Å²) in [6, 6.07) is 14.4. The van der Waals surface area contributed by atoms with Crippen LogP contribution in [0.25, 0.3) is 0 Å². The maximum Gasteiger partial charge on any atom is 0.0637 e. The molecule has 3 nitrogen and oxygen atoms in total. The highest BCUT2D eigenvalue weighted by Crippen LogP contribution is 2.31. The maximum absolute atomic E-state index is 6.22. The summed E-state index contributed by atoms with van der Waals surface area (Å²) in [6.45, 7) is 1.61. The van der Waals surface area contributed by atoms with Gasteiger partial charge in [-0.1, -0.05) is 35.9 Å². The van der Waals surface area contributed by atoms with Crippen molar-refractivity contribution in [2.75, 3.05) is 30.4 Å². The number of nitrogens with one attached hydrogen (secondary N) is 1. The number of para-hydroxylation sites is 1. The van der Waals surface area contributed by atoms with Gasteiger partial charge in [-0.25, -0.2) is 0 Å². The quantitative estimate of drug-likeness (QED) is 0.909. The second kappa shape index (κ2) is 5.96. The molecule has 1 aliphatic rings. The molecule has 0 spiro atoms. The van der Waals surface area contributed by atoms with Crippen LogP contribution in [0.15, 0.2) is 42.5 Å². The lowest BCUT2D eigenvalue weighted by Gasteiger charge is -2.21. The zero-order chi connectivity index (χ0) is 14.8. The largest absolute Gasteiger partial charge is 0.376 e. The van der Waals surface area contributed by atoms with E-state index in [0.29, 0.717) is 6.54 Å². The van der Waals surface area contributed by atoms with Crippen LogP contribution in [0.2, 0.25) is 5.02 Å². The van der Waals surface area contributed by atoms with E-state index in [1.807, 2.05) is 24.3 Å². The molecule has 0 saturated carbocycles. The normalized spacial score (nSPS) is 14.9. The Bertz CT molecular complexity index is 642. The van der Waals surface area contributed by atoms with Crippen molar-refractivity contribution in [2.45, 2.75) is 12.5 Å². The predicted molar refractivity (Wildman–Crippen MR) is 90.3 cm³/mol. The van der Waals surface area contributed by atoms with Gasteiger partial charge in [0.05, 0.1) is 16.8 Å². The molecule has 3 N–H and O–H groups in total. The van der Waals surface area contributed by atoms with Crippen LogP contribution < -0.4 is 16.0 Å². The monoisotopic (exact) mass is 301 g/mol. The van der Waals surface area contributed by atoms with Crippen LogP contribution in [0, 0.1) is 0 Å². The average molecular weight is 302 g/mol. The van der Waals surface area contributed by atoms with Gasteiger partial charge in [0, 0.05) is 25.8 Å². The molecule has 2 aromatic carbocycles. The molecular formula is C17H20ClN3. The van der Waals surface area contributed by atoms with Crippen molar-refractivity contribution < 1.29 is 0 Å². The summed E-state index contributed by atoms with van der Waals surface area (Å²) in [5.41, 5.74) is 10.8. The van der Waals surface area contributed by atoms with E-state index < -0.39 is 0 Å². The van der Waals surface area contributed by atoms with Crippen molar-refractivity contribution in [3.8, 4) is 0 Å². The summed E-state index contributed by atoms with van der Waals surface area (Å²) in [7, 11) is 2.13. The summed E-state index contributed by atoms with van der Waals surface area (Å²) in [6.07, 6.45) is 1.10. The van der Waals surface area contributed by atoms with Gasteiger partial charge in [0.1, 0.15) is 0 Å². The fourth-order valence-electron chi connectivity index (χ4n) is 2.85. The lowest BCUT2D eigenvalue weighted by atomic mass is 10.0. The van der Waals surface area contributed by atoms with Gasteiger partial charge in [-0.3, -0.25) is 0 Å². The van der Waals surface area contributed by atoms with E-state index in [1.54, 1.807) is 0 Å². The molecule has 2 aromatic rings. The number of fused-ring (bicyclic) bond motifs is 1. The lowest BCUT2D eigenvalue weighted by molar-refractivity contribution is 0.789. The molecule has 0 saturated heterocycles. The molecule has 110 valence electrons. The van der Waals surface area contributed by atoms with Gasteiger partial charge >= 0.3 is 0 Å². The Labute approximate surface area is 130 Å². The maximum atomic E-state index is 6.22. The number of nitrogens with zero attached hydrogens (tertiary/aromatic N) is 1. The van der Waals surface area contributed by atoms with Gasteiger partial charge in [0.25, 0.3) is 0 Å². The van der Waals surface area contributed by atoms with Crippen LogP contribution in [0.4, 0.5) is 11.4 Å². The lowest BCUT2D eigenvalue weighted by Crippen LogP contribution is -2.21. The minimum Gasteiger partial charge on any atom is -0.376 e. The number of hydrogen-bond donors (Lipinski definition) is 2. The predicted octanol–water partition coefficient (Wildman–Crippen LogP) is 3.44. The number of benzene rings is 2. The highest BCUT2D eigenvalue weighted by molar-refractivity contribution is 6.33. The molecule has 1 unspecified atom stereocenters. The van der Waals surface area contributed by atoms with Crippen LogP contribution in [0.5, 0.6) is 0 Å². The molecule has 4 heteroatoms. The van der Waals surface area contributed by atoms with E-state index in [-0.39, 0.29) is 6.04 Å². The number of rotatable bonds is 4. The Hall–Kier alpha value is -1.71. The Balaban J connectivity index is 1.86. The summed E-state index contributed by atoms with van der Waals surface area (Å²) >= 11 is 6.22. The molecular weight excluding hydrogens is 282 g/mol. The number of likely N-dealkylation sites (N-methyl/N-ethyl adjacent to an activating group) is 1. The van der Waals surface area contributed by atoms with Crippen LogP contribution in [-0.4, -0.2) is 20.1 Å². The molecule has 3 rings (SSSR count). The number of halogens is 1. The first-order chi connectivity index (χ1) is 10.2. The molecule has 0 radical (unpaired) electrons. The van der Waals surface area contributed by atoms with Gasteiger partial charge in [0.15, 0.2) is 0 Å². The molecule has 0 fully saturated rings. The van der Waals surface area contributed by atoms with Crippen molar-refractivity contribution in [2.24, 2.45) is 5.73 Å². The zero-order valence-electron chi connectivity index (χ0n) is 12.1. The van der Waals surface area contributed by atoms with Crippen LogP contribution in [-0.2, 0) is 6.42 Å². The van der Waals surface area contributed by atoms with Crippen molar-refractivity contribution in [1.29, 1.82) is 0 Å². The summed E-state index contributed by atoms with van der Waals surface area (Å²) < 4.78 is 0. The van der Waals surface area contributed by atoms with E-state index in [2.05, 4.69) is 35.5 Å². The Morgan fingerprint density at radius 1 is 1.29 bits per heavy atom. The molecule has 0 aliphatic carbocycles. The van der Waals surface area contributed by atoms with E-state index in [9.17, 15) is 0 Å². The van der Waals surface area contributed by atoms with Crippen molar-refractivity contribution in [3.05, 3.63) is 58.6 Å². The fourth-order valence-corrected chi connectivity index (χ4v) is 3.04. The highest BCUT2D eigenvalue weighted by atomic mass is 35.5. The van der Waals surface area contributed by atoms with Crippen LogP contribution in [0.3, 0.4) is 0 Å². The smallest absolute Gasteiger partial charge is 0.0637 e. The van der Waals surface area contributed by atoms with Crippen molar-refractivity contribution in [3.63, 3.8) is 0 Å². The minimum atomic E-state index is 0.0705. The molecule has 1 heterocycles. The average Bonchev–Trinajstić information content (AvgIpc) is 2.87. The summed E-state index contributed by atoms with van der Waals surface area (Å²) in [4.78, 5) is 2.29. The summed E-state index contributed by atoms with van der Waals surface area (Å²) in [5, 5.41) is 4.16. The van der Waals surface area contributed by atoms with Crippen LogP contribution in [0.1, 0.15) is 17.2 Å². The minimum absolute atomic E-state index is 0.0705. The van der Waals surface area contributed by atoms with Gasteiger partial charge < -0.3 is 16.0 Å². The van der Waals surface area contributed by atoms with Gasteiger partial charge in [-0.15, -0.1) is 0 Å². The summed E-state index contributed by atoms with van der Waals surface area (Å²) in [5.74, 6) is 0. The fraction of sp³-hybridized carbons (Fsp3) is 0.294. The third-order valence-electron chi connectivity index (χ3n) is 4.07. The first-order valence-corrected chi connectivity index (χ1v) is 7.62. The van der Waals surface area contributed by atoms with Gasteiger partial charge in [-0.05, 0) is 35.7 Å². The first-order valence-electron chi connectivity index (χ1n) is 7.24. The molecule has 0 bridgehead atoms. The second-order valence-corrected chi connectivity index (χ2v) is 5.88. The van der Waals surface area contributed by atoms with E-state index in [0.717, 1.165) is 23.7 Å². The molecule has 0 amide bonds. The first kappa shape index (κ1) is 14.2. The molecule has 1 atom stereocenters. The van der Waals surface area contributed by atoms with Gasteiger partial charge in [-0.2, -0.15) is 0 Å². The third kappa shape index (κ3) is 2.85. The third-order valence-corrected chi connectivity index (χ3v) is 4.40.